The number of rotatable bonds is 7. The minimum Gasteiger partial charge on any atom is -0.384 e. The molecule has 1 unspecified atom stereocenters. The largest absolute Gasteiger partial charge is 0.384 e. The number of ether oxygens (including phenoxy) is 2. The summed E-state index contributed by atoms with van der Waals surface area (Å²) in [6, 6.07) is 1.76. The van der Waals surface area contributed by atoms with Crippen molar-refractivity contribution >= 4 is 5.91 Å². The average molecular weight is 349 g/mol. The first kappa shape index (κ1) is 17.6. The summed E-state index contributed by atoms with van der Waals surface area (Å²) in [5.41, 5.74) is 1.31. The predicted molar refractivity (Wildman–Crippen MR) is 86.9 cm³/mol. The van der Waals surface area contributed by atoms with Crippen LogP contribution in [0.2, 0.25) is 0 Å². The first-order chi connectivity index (χ1) is 12.2. The number of aromatic amines is 1. The van der Waals surface area contributed by atoms with E-state index in [1.807, 2.05) is 6.92 Å². The maximum absolute atomic E-state index is 12.5. The highest BCUT2D eigenvalue weighted by Gasteiger charge is 2.26. The number of amides is 1. The highest BCUT2D eigenvalue weighted by molar-refractivity contribution is 5.92. The summed E-state index contributed by atoms with van der Waals surface area (Å²) in [6.45, 7) is 3.92. The van der Waals surface area contributed by atoms with Crippen molar-refractivity contribution in [3.63, 3.8) is 0 Å². The summed E-state index contributed by atoms with van der Waals surface area (Å²) >= 11 is 0. The maximum Gasteiger partial charge on any atom is 0.274 e. The SMILES string of the molecule is COCCc1noc(COC2CCCN(C(=O)c3cc(C)[nH]n3)C2)n1. The number of nitrogens with one attached hydrogen (secondary N) is 1. The topological polar surface area (TPSA) is 106 Å². The van der Waals surface area contributed by atoms with Gasteiger partial charge in [0.1, 0.15) is 12.3 Å². The monoisotopic (exact) mass is 349 g/mol. The van der Waals surface area contributed by atoms with Crippen molar-refractivity contribution in [1.82, 2.24) is 25.2 Å². The molecule has 0 spiro atoms. The Balaban J connectivity index is 1.50. The van der Waals surface area contributed by atoms with Crippen molar-refractivity contribution < 1.29 is 18.8 Å². The van der Waals surface area contributed by atoms with Crippen molar-refractivity contribution in [3.8, 4) is 0 Å². The van der Waals surface area contributed by atoms with E-state index in [4.69, 9.17) is 14.0 Å². The van der Waals surface area contributed by atoms with Crippen molar-refractivity contribution in [2.24, 2.45) is 0 Å². The second-order valence-corrected chi connectivity index (χ2v) is 6.11. The number of H-pyrrole nitrogens is 1. The first-order valence-corrected chi connectivity index (χ1v) is 8.39. The van der Waals surface area contributed by atoms with E-state index >= 15 is 0 Å². The molecule has 0 radical (unpaired) electrons. The van der Waals surface area contributed by atoms with E-state index in [1.54, 1.807) is 18.1 Å². The summed E-state index contributed by atoms with van der Waals surface area (Å²) in [5, 5.41) is 10.7. The molecule has 0 aliphatic carbocycles. The number of aryl methyl sites for hydroxylation is 1. The van der Waals surface area contributed by atoms with Crippen LogP contribution in [0.25, 0.3) is 0 Å². The van der Waals surface area contributed by atoms with Crippen molar-refractivity contribution in [2.45, 2.75) is 38.9 Å². The number of nitrogens with zero attached hydrogens (tertiary/aromatic N) is 4. The molecule has 2 aromatic rings. The number of carbonyl (C=O) groups is 1. The molecular weight excluding hydrogens is 326 g/mol. The number of aromatic nitrogens is 4. The Morgan fingerprint density at radius 3 is 3.16 bits per heavy atom. The minimum atomic E-state index is -0.0720. The Morgan fingerprint density at radius 1 is 1.52 bits per heavy atom. The number of methoxy groups -OCH3 is 1. The number of likely N-dealkylation sites (tertiary alicyclic amines) is 1. The summed E-state index contributed by atoms with van der Waals surface area (Å²) < 4.78 is 16.0. The van der Waals surface area contributed by atoms with Gasteiger partial charge < -0.3 is 18.9 Å². The molecule has 2 aromatic heterocycles. The van der Waals surface area contributed by atoms with Crippen LogP contribution >= 0.6 is 0 Å². The number of hydrogen-bond acceptors (Lipinski definition) is 7. The van der Waals surface area contributed by atoms with Crippen LogP contribution in [-0.2, 0) is 22.5 Å². The lowest BCUT2D eigenvalue weighted by atomic mass is 10.1. The van der Waals surface area contributed by atoms with Crippen molar-refractivity contribution in [3.05, 3.63) is 29.2 Å². The molecule has 0 saturated carbocycles. The van der Waals surface area contributed by atoms with Gasteiger partial charge in [0.25, 0.3) is 11.8 Å². The van der Waals surface area contributed by atoms with Crippen LogP contribution in [0.4, 0.5) is 0 Å². The molecule has 1 saturated heterocycles. The first-order valence-electron chi connectivity index (χ1n) is 8.39. The van der Waals surface area contributed by atoms with Gasteiger partial charge in [-0.3, -0.25) is 9.89 Å². The molecule has 9 heteroatoms. The third kappa shape index (κ3) is 4.64. The molecule has 1 atom stereocenters. The average Bonchev–Trinajstić information content (AvgIpc) is 3.26. The van der Waals surface area contributed by atoms with Crippen LogP contribution in [0.3, 0.4) is 0 Å². The van der Waals surface area contributed by atoms with Gasteiger partial charge in [0, 0.05) is 32.3 Å². The fourth-order valence-corrected chi connectivity index (χ4v) is 2.78. The number of carbonyl (C=O) groups excluding carboxylic acids is 1. The summed E-state index contributed by atoms with van der Waals surface area (Å²) in [6.07, 6.45) is 2.35. The lowest BCUT2D eigenvalue weighted by molar-refractivity contribution is -0.0155. The van der Waals surface area contributed by atoms with Gasteiger partial charge >= 0.3 is 0 Å². The van der Waals surface area contributed by atoms with Crippen molar-refractivity contribution in [1.29, 1.82) is 0 Å². The molecule has 1 aliphatic rings. The summed E-state index contributed by atoms with van der Waals surface area (Å²) in [7, 11) is 1.63. The Hall–Kier alpha value is -2.26. The maximum atomic E-state index is 12.5. The molecule has 3 rings (SSSR count). The van der Waals surface area contributed by atoms with Gasteiger partial charge in [-0.2, -0.15) is 10.1 Å². The highest BCUT2D eigenvalue weighted by Crippen LogP contribution is 2.17. The van der Waals surface area contributed by atoms with Gasteiger partial charge in [-0.1, -0.05) is 5.16 Å². The van der Waals surface area contributed by atoms with Crippen molar-refractivity contribution in [2.75, 3.05) is 26.8 Å². The quantitative estimate of drug-likeness (QED) is 0.798. The van der Waals surface area contributed by atoms with Gasteiger partial charge in [0.2, 0.25) is 0 Å². The molecule has 1 fully saturated rings. The van der Waals surface area contributed by atoms with E-state index in [2.05, 4.69) is 20.3 Å². The van der Waals surface area contributed by atoms with Gasteiger partial charge in [-0.15, -0.1) is 0 Å². The van der Waals surface area contributed by atoms with Crippen LogP contribution in [-0.4, -0.2) is 64.1 Å². The fraction of sp³-hybridized carbons (Fsp3) is 0.625. The zero-order valence-corrected chi connectivity index (χ0v) is 14.5. The van der Waals surface area contributed by atoms with E-state index in [1.165, 1.54) is 0 Å². The summed E-state index contributed by atoms with van der Waals surface area (Å²) in [5.74, 6) is 0.976. The Labute approximate surface area is 145 Å². The zero-order valence-electron chi connectivity index (χ0n) is 14.5. The van der Waals surface area contributed by atoms with E-state index < -0.39 is 0 Å². The van der Waals surface area contributed by atoms with Crippen LogP contribution in [0.1, 0.15) is 40.7 Å². The van der Waals surface area contributed by atoms with Crippen LogP contribution < -0.4 is 0 Å². The predicted octanol–water partition coefficient (Wildman–Crippen LogP) is 1.11. The smallest absolute Gasteiger partial charge is 0.274 e. The lowest BCUT2D eigenvalue weighted by Crippen LogP contribution is -2.43. The van der Waals surface area contributed by atoms with Crippen LogP contribution in [0.15, 0.2) is 10.6 Å². The molecule has 9 nitrogen and oxygen atoms in total. The molecule has 3 heterocycles. The summed E-state index contributed by atoms with van der Waals surface area (Å²) in [4.78, 5) is 18.5. The van der Waals surface area contributed by atoms with Gasteiger partial charge in [0.05, 0.1) is 12.7 Å². The molecule has 0 aromatic carbocycles. The van der Waals surface area contributed by atoms with E-state index in [-0.39, 0.29) is 18.6 Å². The standard InChI is InChI=1S/C16H23N5O4/c1-11-8-13(19-18-11)16(22)21-6-3-4-12(9-21)24-10-15-17-14(20-25-15)5-7-23-2/h8,12H,3-7,9-10H2,1-2H3,(H,18,19). The lowest BCUT2D eigenvalue weighted by Gasteiger charge is -2.31. The molecule has 0 bridgehead atoms. The van der Waals surface area contributed by atoms with E-state index in [0.717, 1.165) is 18.5 Å². The van der Waals surface area contributed by atoms with Gasteiger partial charge in [0.15, 0.2) is 5.82 Å². The number of piperidine rings is 1. The Morgan fingerprint density at radius 2 is 2.40 bits per heavy atom. The zero-order chi connectivity index (χ0) is 17.6. The molecule has 136 valence electrons. The normalized spacial score (nSPS) is 17.8. The third-order valence-corrected chi connectivity index (χ3v) is 4.07. The third-order valence-electron chi connectivity index (χ3n) is 4.07. The molecule has 1 N–H and O–H groups in total. The molecular formula is C16H23N5O4. The van der Waals surface area contributed by atoms with E-state index in [0.29, 0.717) is 43.5 Å². The Kier molecular flexibility index (Phi) is 5.77. The molecule has 25 heavy (non-hydrogen) atoms. The van der Waals surface area contributed by atoms with E-state index in [9.17, 15) is 4.79 Å². The minimum absolute atomic E-state index is 0.0490. The Bertz CT molecular complexity index is 698. The second kappa shape index (κ2) is 8.21. The van der Waals surface area contributed by atoms with Gasteiger partial charge in [-0.25, -0.2) is 0 Å². The fourth-order valence-electron chi connectivity index (χ4n) is 2.78. The molecule has 1 aliphatic heterocycles. The second-order valence-electron chi connectivity index (χ2n) is 6.11. The number of hydrogen-bond donors (Lipinski definition) is 1. The molecule has 1 amide bonds. The highest BCUT2D eigenvalue weighted by atomic mass is 16.5. The van der Waals surface area contributed by atoms with Gasteiger partial charge in [-0.05, 0) is 25.8 Å². The van der Waals surface area contributed by atoms with Crippen LogP contribution in [0.5, 0.6) is 0 Å². The van der Waals surface area contributed by atoms with Crippen LogP contribution in [0, 0.1) is 6.92 Å².